The lowest BCUT2D eigenvalue weighted by atomic mass is 10.1. The summed E-state index contributed by atoms with van der Waals surface area (Å²) in [6.07, 6.45) is 6.39. The lowest BCUT2D eigenvalue weighted by Gasteiger charge is -2.14. The van der Waals surface area contributed by atoms with Gasteiger partial charge in [-0.15, -0.1) is 11.8 Å². The Morgan fingerprint density at radius 3 is 2.70 bits per heavy atom. The number of hydrogen-bond donors (Lipinski definition) is 0. The topological polar surface area (TPSA) is 40.5 Å². The molecule has 0 aliphatic heterocycles. The molecule has 1 aromatic carbocycles. The summed E-state index contributed by atoms with van der Waals surface area (Å²) in [5.41, 5.74) is 1.77. The van der Waals surface area contributed by atoms with Crippen molar-refractivity contribution in [1.82, 2.24) is 4.57 Å². The van der Waals surface area contributed by atoms with Gasteiger partial charge >= 0.3 is 0 Å². The Hall–Kier alpha value is -1.88. The van der Waals surface area contributed by atoms with Gasteiger partial charge in [0.1, 0.15) is 5.75 Å². The number of benzene rings is 1. The number of nitrogens with zero attached hydrogens (tertiary/aromatic N) is 1. The Kier molecular flexibility index (Phi) is 4.66. The number of ether oxygens (including phenoxy) is 2. The molecule has 3 rings (SSSR count). The van der Waals surface area contributed by atoms with Gasteiger partial charge in [0.15, 0.2) is 5.75 Å². The second-order valence-electron chi connectivity index (χ2n) is 5.83. The van der Waals surface area contributed by atoms with E-state index in [9.17, 15) is 4.79 Å². The van der Waals surface area contributed by atoms with Crippen LogP contribution in [0.15, 0.2) is 40.2 Å². The summed E-state index contributed by atoms with van der Waals surface area (Å²) < 4.78 is 12.8. The summed E-state index contributed by atoms with van der Waals surface area (Å²) in [4.78, 5) is 13.2. The number of aromatic nitrogens is 1. The van der Waals surface area contributed by atoms with Crippen LogP contribution in [0.2, 0.25) is 0 Å². The molecule has 0 atom stereocenters. The first-order valence-corrected chi connectivity index (χ1v) is 8.90. The Morgan fingerprint density at radius 1 is 1.26 bits per heavy atom. The van der Waals surface area contributed by atoms with E-state index in [0.29, 0.717) is 11.7 Å². The van der Waals surface area contributed by atoms with Crippen LogP contribution >= 0.6 is 11.8 Å². The molecule has 1 aromatic heterocycles. The Labute approximate surface area is 140 Å². The molecule has 1 aliphatic rings. The van der Waals surface area contributed by atoms with Gasteiger partial charge in [-0.05, 0) is 49.3 Å². The third kappa shape index (κ3) is 3.55. The van der Waals surface area contributed by atoms with Crippen LogP contribution in [0.5, 0.6) is 11.5 Å². The third-order valence-corrected chi connectivity index (χ3v) is 4.76. The molecule has 4 nitrogen and oxygen atoms in total. The maximum Gasteiger partial charge on any atom is 0.292 e. The highest BCUT2D eigenvalue weighted by Crippen LogP contribution is 2.36. The first-order valence-electron chi connectivity index (χ1n) is 7.68. The fourth-order valence-electron chi connectivity index (χ4n) is 2.45. The Balaban J connectivity index is 2.05. The van der Waals surface area contributed by atoms with Gasteiger partial charge in [-0.2, -0.15) is 0 Å². The zero-order valence-corrected chi connectivity index (χ0v) is 14.5. The quantitative estimate of drug-likeness (QED) is 0.759. The molecule has 5 heteroatoms. The summed E-state index contributed by atoms with van der Waals surface area (Å²) in [5.74, 6) is 1.89. The standard InChI is InChI=1S/C18H21NO3S/c1-19-10-13(8-17(21-2)18(19)20)15-9-14(23-3)6-7-16(15)22-11-12-4-5-12/h6-10,12H,4-5,11H2,1-3H3. The Morgan fingerprint density at radius 2 is 2.04 bits per heavy atom. The molecule has 122 valence electrons. The molecule has 0 N–H and O–H groups in total. The van der Waals surface area contributed by atoms with Gasteiger partial charge in [0.25, 0.3) is 5.56 Å². The zero-order valence-electron chi connectivity index (χ0n) is 13.7. The number of pyridine rings is 1. The van der Waals surface area contributed by atoms with Crippen LogP contribution in [0.25, 0.3) is 11.1 Å². The minimum absolute atomic E-state index is 0.141. The normalized spacial score (nSPS) is 13.9. The second-order valence-corrected chi connectivity index (χ2v) is 6.71. The largest absolute Gasteiger partial charge is 0.493 e. The lowest BCUT2D eigenvalue weighted by Crippen LogP contribution is -2.17. The van der Waals surface area contributed by atoms with Gasteiger partial charge in [-0.3, -0.25) is 4.79 Å². The van der Waals surface area contributed by atoms with E-state index in [0.717, 1.165) is 28.4 Å². The maximum absolute atomic E-state index is 12.0. The van der Waals surface area contributed by atoms with Crippen molar-refractivity contribution in [2.75, 3.05) is 20.0 Å². The van der Waals surface area contributed by atoms with E-state index >= 15 is 0 Å². The lowest BCUT2D eigenvalue weighted by molar-refractivity contribution is 0.301. The van der Waals surface area contributed by atoms with E-state index in [4.69, 9.17) is 9.47 Å². The van der Waals surface area contributed by atoms with E-state index in [1.165, 1.54) is 20.0 Å². The molecular weight excluding hydrogens is 310 g/mol. The summed E-state index contributed by atoms with van der Waals surface area (Å²) in [6, 6.07) is 7.97. The minimum Gasteiger partial charge on any atom is -0.493 e. The van der Waals surface area contributed by atoms with Crippen molar-refractivity contribution in [1.29, 1.82) is 0 Å². The van der Waals surface area contributed by atoms with Crippen LogP contribution in [0, 0.1) is 5.92 Å². The minimum atomic E-state index is -0.141. The van der Waals surface area contributed by atoms with E-state index in [2.05, 4.69) is 12.1 Å². The highest BCUT2D eigenvalue weighted by molar-refractivity contribution is 7.98. The van der Waals surface area contributed by atoms with Crippen molar-refractivity contribution < 1.29 is 9.47 Å². The van der Waals surface area contributed by atoms with E-state index in [-0.39, 0.29) is 5.56 Å². The molecule has 1 heterocycles. The average molecular weight is 331 g/mol. The molecule has 0 amide bonds. The first-order chi connectivity index (χ1) is 11.1. The van der Waals surface area contributed by atoms with Gasteiger partial charge in [-0.25, -0.2) is 0 Å². The van der Waals surface area contributed by atoms with Crippen LogP contribution in [-0.2, 0) is 7.05 Å². The van der Waals surface area contributed by atoms with Crippen molar-refractivity contribution in [3.63, 3.8) is 0 Å². The monoisotopic (exact) mass is 331 g/mol. The average Bonchev–Trinajstić information content (AvgIpc) is 3.39. The van der Waals surface area contributed by atoms with E-state index in [1.54, 1.807) is 29.4 Å². The van der Waals surface area contributed by atoms with Crippen LogP contribution < -0.4 is 15.0 Å². The van der Waals surface area contributed by atoms with Gasteiger partial charge in [-0.1, -0.05) is 0 Å². The van der Waals surface area contributed by atoms with Crippen molar-refractivity contribution >= 4 is 11.8 Å². The third-order valence-electron chi connectivity index (χ3n) is 4.04. The van der Waals surface area contributed by atoms with Gasteiger partial charge < -0.3 is 14.0 Å². The first kappa shape index (κ1) is 16.0. The number of methoxy groups -OCH3 is 1. The van der Waals surface area contributed by atoms with Crippen molar-refractivity contribution in [2.45, 2.75) is 17.7 Å². The molecule has 1 fully saturated rings. The molecule has 23 heavy (non-hydrogen) atoms. The smallest absolute Gasteiger partial charge is 0.292 e. The summed E-state index contributed by atoms with van der Waals surface area (Å²) >= 11 is 1.69. The molecule has 1 aliphatic carbocycles. The van der Waals surface area contributed by atoms with Crippen molar-refractivity contribution in [3.05, 3.63) is 40.8 Å². The van der Waals surface area contributed by atoms with E-state index < -0.39 is 0 Å². The van der Waals surface area contributed by atoms with Crippen LogP contribution in [0.3, 0.4) is 0 Å². The van der Waals surface area contributed by atoms with Crippen molar-refractivity contribution in [3.8, 4) is 22.6 Å². The highest BCUT2D eigenvalue weighted by atomic mass is 32.2. The second kappa shape index (κ2) is 6.71. The van der Waals surface area contributed by atoms with Crippen LogP contribution in [0.4, 0.5) is 0 Å². The SMILES string of the molecule is COc1cc(-c2cc(SC)ccc2OCC2CC2)cn(C)c1=O. The van der Waals surface area contributed by atoms with E-state index in [1.807, 2.05) is 18.5 Å². The predicted molar refractivity (Wildman–Crippen MR) is 93.7 cm³/mol. The number of thioether (sulfide) groups is 1. The summed E-state index contributed by atoms with van der Waals surface area (Å²) in [7, 11) is 3.25. The molecule has 0 bridgehead atoms. The zero-order chi connectivity index (χ0) is 16.4. The Bertz CT molecular complexity index is 765. The molecule has 2 aromatic rings. The number of aryl methyl sites for hydroxylation is 1. The predicted octanol–water partition coefficient (Wildman–Crippen LogP) is 3.57. The number of rotatable bonds is 6. The fourth-order valence-corrected chi connectivity index (χ4v) is 2.89. The molecule has 0 spiro atoms. The highest BCUT2D eigenvalue weighted by Gasteiger charge is 2.22. The summed E-state index contributed by atoms with van der Waals surface area (Å²) in [5, 5.41) is 0. The fraction of sp³-hybridized carbons (Fsp3) is 0.389. The maximum atomic E-state index is 12.0. The molecule has 0 saturated heterocycles. The molecule has 1 saturated carbocycles. The van der Waals surface area contributed by atoms with Crippen molar-refractivity contribution in [2.24, 2.45) is 13.0 Å². The van der Waals surface area contributed by atoms with Gasteiger partial charge in [0, 0.05) is 29.3 Å². The molecular formula is C18H21NO3S. The molecule has 0 unspecified atom stereocenters. The van der Waals surface area contributed by atoms with Gasteiger partial charge in [0.2, 0.25) is 0 Å². The number of hydrogen-bond acceptors (Lipinski definition) is 4. The summed E-state index contributed by atoms with van der Waals surface area (Å²) in [6.45, 7) is 0.758. The van der Waals surface area contributed by atoms with Gasteiger partial charge in [0.05, 0.1) is 13.7 Å². The molecule has 0 radical (unpaired) electrons. The van der Waals surface area contributed by atoms with Crippen LogP contribution in [-0.4, -0.2) is 24.5 Å². The van der Waals surface area contributed by atoms with Crippen LogP contribution in [0.1, 0.15) is 12.8 Å².